The van der Waals surface area contributed by atoms with E-state index in [0.29, 0.717) is 12.6 Å². The lowest BCUT2D eigenvalue weighted by atomic mass is 10.0. The van der Waals surface area contributed by atoms with Crippen molar-refractivity contribution in [1.82, 2.24) is 5.32 Å². The maximum Gasteiger partial charge on any atom is 0.138 e. The van der Waals surface area contributed by atoms with Gasteiger partial charge in [-0.15, -0.1) is 0 Å². The van der Waals surface area contributed by atoms with Gasteiger partial charge in [-0.25, -0.2) is 0 Å². The Hall–Kier alpha value is -1.53. The van der Waals surface area contributed by atoms with Crippen molar-refractivity contribution in [2.75, 3.05) is 6.61 Å². The van der Waals surface area contributed by atoms with Crippen LogP contribution in [0.15, 0.2) is 12.1 Å². The molecule has 1 aromatic rings. The van der Waals surface area contributed by atoms with Gasteiger partial charge in [-0.05, 0) is 63.3 Å². The van der Waals surface area contributed by atoms with Crippen LogP contribution >= 0.6 is 0 Å². The highest BCUT2D eigenvalue weighted by molar-refractivity contribution is 5.42. The first-order valence-corrected chi connectivity index (χ1v) is 6.83. The van der Waals surface area contributed by atoms with Crippen LogP contribution in [-0.2, 0) is 0 Å². The van der Waals surface area contributed by atoms with E-state index < -0.39 is 5.54 Å². The van der Waals surface area contributed by atoms with Gasteiger partial charge in [0, 0.05) is 6.04 Å². The summed E-state index contributed by atoms with van der Waals surface area (Å²) in [5.41, 5.74) is 2.96. The van der Waals surface area contributed by atoms with Crippen molar-refractivity contribution in [3.8, 4) is 11.8 Å². The number of hydrogen-bond acceptors (Lipinski definition) is 3. The van der Waals surface area contributed by atoms with Gasteiger partial charge in [-0.3, -0.25) is 5.32 Å². The van der Waals surface area contributed by atoms with Crippen molar-refractivity contribution >= 4 is 0 Å². The van der Waals surface area contributed by atoms with Crippen molar-refractivity contribution in [1.29, 1.82) is 5.26 Å². The Morgan fingerprint density at radius 2 is 2.05 bits per heavy atom. The van der Waals surface area contributed by atoms with E-state index in [9.17, 15) is 5.26 Å². The molecule has 1 atom stereocenters. The van der Waals surface area contributed by atoms with E-state index in [2.05, 4.69) is 38.2 Å². The predicted octanol–water partition coefficient (Wildman–Crippen LogP) is 3.02. The molecule has 1 unspecified atom stereocenters. The summed E-state index contributed by atoms with van der Waals surface area (Å²) in [5, 5.41) is 12.7. The molecular formula is C16H22N2O. The average Bonchev–Trinajstić information content (AvgIpc) is 3.16. The van der Waals surface area contributed by atoms with Gasteiger partial charge in [-0.2, -0.15) is 5.26 Å². The average molecular weight is 258 g/mol. The number of hydrogen-bond donors (Lipinski definition) is 1. The van der Waals surface area contributed by atoms with E-state index in [0.717, 1.165) is 11.3 Å². The van der Waals surface area contributed by atoms with E-state index in [1.165, 1.54) is 24.0 Å². The molecule has 3 nitrogen and oxygen atoms in total. The molecule has 102 valence electrons. The quantitative estimate of drug-likeness (QED) is 0.883. The molecule has 0 spiro atoms. The van der Waals surface area contributed by atoms with Gasteiger partial charge in [-0.1, -0.05) is 6.07 Å². The Kier molecular flexibility index (Phi) is 3.82. The number of rotatable bonds is 5. The highest BCUT2D eigenvalue weighted by Crippen LogP contribution is 2.26. The monoisotopic (exact) mass is 258 g/mol. The minimum Gasteiger partial charge on any atom is -0.490 e. The third kappa shape index (κ3) is 3.48. The van der Waals surface area contributed by atoms with E-state index >= 15 is 0 Å². The SMILES string of the molecule is Cc1cc(C)c(C)c(OCC(C)(C#N)NC2CC2)c1. The molecule has 0 radical (unpaired) electrons. The Bertz CT molecular complexity index is 514. The van der Waals surface area contributed by atoms with Crippen LogP contribution in [0.1, 0.15) is 36.5 Å². The topological polar surface area (TPSA) is 45.0 Å². The molecule has 0 aliphatic heterocycles. The summed E-state index contributed by atoms with van der Waals surface area (Å²) in [7, 11) is 0. The fourth-order valence-electron chi connectivity index (χ4n) is 2.16. The number of nitrogens with zero attached hydrogens (tertiary/aromatic N) is 1. The van der Waals surface area contributed by atoms with Gasteiger partial charge in [0.05, 0.1) is 6.07 Å². The smallest absolute Gasteiger partial charge is 0.138 e. The fraction of sp³-hybridized carbons (Fsp3) is 0.562. The van der Waals surface area contributed by atoms with Gasteiger partial charge in [0.25, 0.3) is 0 Å². The molecule has 0 heterocycles. The maximum absolute atomic E-state index is 9.33. The minimum absolute atomic E-state index is 0.379. The predicted molar refractivity (Wildman–Crippen MR) is 76.3 cm³/mol. The van der Waals surface area contributed by atoms with Crippen LogP contribution in [0.5, 0.6) is 5.75 Å². The normalized spacial score (nSPS) is 17.6. The summed E-state index contributed by atoms with van der Waals surface area (Å²) in [5.74, 6) is 0.886. The zero-order valence-corrected chi connectivity index (χ0v) is 12.2. The van der Waals surface area contributed by atoms with Crippen molar-refractivity contribution in [2.24, 2.45) is 0 Å². The molecular weight excluding hydrogens is 236 g/mol. The first-order valence-electron chi connectivity index (χ1n) is 6.83. The molecule has 19 heavy (non-hydrogen) atoms. The third-order valence-electron chi connectivity index (χ3n) is 3.63. The first kappa shape index (κ1) is 13.9. The van der Waals surface area contributed by atoms with E-state index in [1.807, 2.05) is 13.0 Å². The number of nitriles is 1. The summed E-state index contributed by atoms with van der Waals surface area (Å²) in [6, 6.07) is 7.01. The van der Waals surface area contributed by atoms with Crippen LogP contribution in [-0.4, -0.2) is 18.2 Å². The number of ether oxygens (including phenoxy) is 1. The molecule has 2 rings (SSSR count). The van der Waals surface area contributed by atoms with Crippen LogP contribution in [0, 0.1) is 32.1 Å². The zero-order chi connectivity index (χ0) is 14.0. The van der Waals surface area contributed by atoms with Crippen LogP contribution in [0.3, 0.4) is 0 Å². The number of aryl methyl sites for hydroxylation is 2. The second-order valence-electron chi connectivity index (χ2n) is 5.86. The Balaban J connectivity index is 2.07. The molecule has 0 amide bonds. The highest BCUT2D eigenvalue weighted by Gasteiger charge is 2.33. The largest absolute Gasteiger partial charge is 0.490 e. The molecule has 1 saturated carbocycles. The molecule has 0 aromatic heterocycles. The van der Waals surface area contributed by atoms with Crippen molar-refractivity contribution in [3.63, 3.8) is 0 Å². The molecule has 1 aliphatic carbocycles. The molecule has 1 aromatic carbocycles. The Morgan fingerprint density at radius 3 is 2.63 bits per heavy atom. The summed E-state index contributed by atoms with van der Waals surface area (Å²) >= 11 is 0. The van der Waals surface area contributed by atoms with E-state index in [1.54, 1.807) is 0 Å². The summed E-state index contributed by atoms with van der Waals surface area (Å²) in [6.07, 6.45) is 2.33. The van der Waals surface area contributed by atoms with Gasteiger partial charge < -0.3 is 4.74 Å². The molecule has 1 fully saturated rings. The summed E-state index contributed by atoms with van der Waals surface area (Å²) < 4.78 is 5.90. The van der Waals surface area contributed by atoms with Crippen molar-refractivity contribution in [2.45, 2.75) is 52.1 Å². The minimum atomic E-state index is -0.606. The van der Waals surface area contributed by atoms with Crippen LogP contribution in [0.4, 0.5) is 0 Å². The van der Waals surface area contributed by atoms with Crippen molar-refractivity contribution < 1.29 is 4.74 Å². The third-order valence-corrected chi connectivity index (χ3v) is 3.63. The number of nitrogens with one attached hydrogen (secondary N) is 1. The van der Waals surface area contributed by atoms with Crippen LogP contribution < -0.4 is 10.1 Å². The molecule has 1 aliphatic rings. The fourth-order valence-corrected chi connectivity index (χ4v) is 2.16. The van der Waals surface area contributed by atoms with Gasteiger partial charge >= 0.3 is 0 Å². The van der Waals surface area contributed by atoms with E-state index in [4.69, 9.17) is 4.74 Å². The van der Waals surface area contributed by atoms with Gasteiger partial charge in [0.1, 0.15) is 17.9 Å². The van der Waals surface area contributed by atoms with Gasteiger partial charge in [0.2, 0.25) is 0 Å². The van der Waals surface area contributed by atoms with Crippen molar-refractivity contribution in [3.05, 3.63) is 28.8 Å². The lowest BCUT2D eigenvalue weighted by Gasteiger charge is -2.24. The lowest BCUT2D eigenvalue weighted by molar-refractivity contribution is 0.231. The molecule has 3 heteroatoms. The van der Waals surface area contributed by atoms with Crippen LogP contribution in [0.25, 0.3) is 0 Å². The summed E-state index contributed by atoms with van der Waals surface area (Å²) in [6.45, 7) is 8.49. The second kappa shape index (κ2) is 5.22. The Morgan fingerprint density at radius 1 is 1.37 bits per heavy atom. The molecule has 0 saturated heterocycles. The molecule has 1 N–H and O–H groups in total. The van der Waals surface area contributed by atoms with Crippen LogP contribution in [0.2, 0.25) is 0 Å². The second-order valence-corrected chi connectivity index (χ2v) is 5.86. The van der Waals surface area contributed by atoms with E-state index in [-0.39, 0.29) is 0 Å². The maximum atomic E-state index is 9.33. The zero-order valence-electron chi connectivity index (χ0n) is 12.2. The molecule has 0 bridgehead atoms. The van der Waals surface area contributed by atoms with Gasteiger partial charge in [0.15, 0.2) is 0 Å². The standard InChI is InChI=1S/C16H22N2O/c1-11-7-12(2)13(3)15(8-11)19-10-16(4,9-17)18-14-5-6-14/h7-8,14,18H,5-6,10H2,1-4H3. The summed E-state index contributed by atoms with van der Waals surface area (Å²) in [4.78, 5) is 0. The number of benzene rings is 1. The highest BCUT2D eigenvalue weighted by atomic mass is 16.5. The first-order chi connectivity index (χ1) is 8.93. The Labute approximate surface area is 115 Å². The lowest BCUT2D eigenvalue weighted by Crippen LogP contribution is -2.47.